The highest BCUT2D eigenvalue weighted by Crippen LogP contribution is 2.83. The van der Waals surface area contributed by atoms with Crippen molar-refractivity contribution in [1.82, 2.24) is 0 Å². The van der Waals surface area contributed by atoms with E-state index in [2.05, 4.69) is 27.7 Å². The van der Waals surface area contributed by atoms with E-state index in [4.69, 9.17) is 23.7 Å². The Bertz CT molecular complexity index is 937. The molecule has 4 aliphatic heterocycles. The lowest BCUT2D eigenvalue weighted by Gasteiger charge is -2.54. The van der Waals surface area contributed by atoms with Crippen molar-refractivity contribution in [2.24, 2.45) is 17.3 Å². The van der Waals surface area contributed by atoms with Crippen molar-refractivity contribution in [2.45, 2.75) is 101 Å². The van der Waals surface area contributed by atoms with Gasteiger partial charge in [0.1, 0.15) is 36.1 Å². The Morgan fingerprint density at radius 3 is 2.71 bits per heavy atom. The highest BCUT2D eigenvalue weighted by atomic mass is 16.8. The topological polar surface area (TPSA) is 93.4 Å². The molecule has 7 nitrogen and oxygen atoms in total. The van der Waals surface area contributed by atoms with Gasteiger partial charge >= 0.3 is 5.97 Å². The van der Waals surface area contributed by atoms with Gasteiger partial charge in [0.05, 0.1) is 11.7 Å². The van der Waals surface area contributed by atoms with Crippen molar-refractivity contribution in [3.8, 4) is 0 Å². The number of hydrogen-bond acceptors (Lipinski definition) is 7. The molecule has 10 atom stereocenters. The molecule has 170 valence electrons. The molecule has 7 aliphatic rings. The summed E-state index contributed by atoms with van der Waals surface area (Å²) in [5.41, 5.74) is -0.121. The third kappa shape index (κ3) is 1.88. The molecular weight excluding hydrogens is 400 g/mol. The zero-order valence-electron chi connectivity index (χ0n) is 18.9. The number of esters is 1. The summed E-state index contributed by atoms with van der Waals surface area (Å²) in [5, 5.41) is 10.1. The van der Waals surface area contributed by atoms with E-state index in [1.807, 2.05) is 6.92 Å². The zero-order valence-corrected chi connectivity index (χ0v) is 18.9. The first-order chi connectivity index (χ1) is 14.6. The van der Waals surface area contributed by atoms with Crippen LogP contribution < -0.4 is 0 Å². The molecule has 4 heterocycles. The largest absolute Gasteiger partial charge is 0.458 e. The second-order valence-corrected chi connectivity index (χ2v) is 12.0. The summed E-state index contributed by atoms with van der Waals surface area (Å²) in [6, 6.07) is 0. The summed E-state index contributed by atoms with van der Waals surface area (Å²) in [4.78, 5) is 12.3. The average molecular weight is 433 g/mol. The van der Waals surface area contributed by atoms with Crippen LogP contribution in [0.5, 0.6) is 0 Å². The van der Waals surface area contributed by atoms with Crippen LogP contribution >= 0.6 is 0 Å². The van der Waals surface area contributed by atoms with Gasteiger partial charge in [0.25, 0.3) is 0 Å². The van der Waals surface area contributed by atoms with Crippen LogP contribution in [-0.2, 0) is 28.5 Å². The number of cyclic esters (lactones) is 1. The number of epoxide rings is 3. The summed E-state index contributed by atoms with van der Waals surface area (Å²) in [5.74, 6) is -0.00119. The molecule has 2 saturated carbocycles. The van der Waals surface area contributed by atoms with E-state index in [9.17, 15) is 9.90 Å². The predicted octanol–water partition coefficient (Wildman–Crippen LogP) is 1.90. The van der Waals surface area contributed by atoms with Gasteiger partial charge in [0.2, 0.25) is 0 Å². The van der Waals surface area contributed by atoms with E-state index in [0.717, 1.165) is 30.4 Å². The van der Waals surface area contributed by atoms with Gasteiger partial charge in [-0.15, -0.1) is 0 Å². The minimum Gasteiger partial charge on any atom is -0.458 e. The molecule has 2 spiro atoms. The number of carbonyl (C=O) groups excluding carboxylic acids is 1. The molecule has 0 radical (unpaired) electrons. The molecule has 0 bridgehead atoms. The molecule has 7 rings (SSSR count). The van der Waals surface area contributed by atoms with E-state index in [1.165, 1.54) is 0 Å². The van der Waals surface area contributed by atoms with Crippen LogP contribution in [0.1, 0.15) is 53.9 Å². The Balaban J connectivity index is 1.37. The summed E-state index contributed by atoms with van der Waals surface area (Å²) in [6.07, 6.45) is 2.00. The van der Waals surface area contributed by atoms with Crippen LogP contribution in [-0.4, -0.2) is 71.1 Å². The average Bonchev–Trinajstić information content (AvgIpc) is 3.60. The first kappa shape index (κ1) is 19.5. The molecule has 0 aromatic rings. The van der Waals surface area contributed by atoms with Gasteiger partial charge in [-0.25, -0.2) is 4.79 Å². The number of ether oxygens (including phenoxy) is 5. The first-order valence-electron chi connectivity index (χ1n) is 11.8. The number of carbonyl (C=O) groups is 1. The van der Waals surface area contributed by atoms with E-state index < -0.39 is 16.8 Å². The Kier molecular flexibility index (Phi) is 3.28. The molecule has 5 fully saturated rings. The monoisotopic (exact) mass is 432 g/mol. The molecule has 7 heteroatoms. The van der Waals surface area contributed by atoms with Crippen LogP contribution in [0.2, 0.25) is 0 Å². The molecule has 0 aromatic carbocycles. The number of aliphatic hydroxyl groups excluding tert-OH is 1. The van der Waals surface area contributed by atoms with Crippen molar-refractivity contribution in [1.29, 1.82) is 0 Å². The Morgan fingerprint density at radius 2 is 2.00 bits per heavy atom. The second-order valence-electron chi connectivity index (χ2n) is 12.0. The number of hydrogen-bond donors (Lipinski definition) is 1. The Morgan fingerprint density at radius 1 is 1.23 bits per heavy atom. The summed E-state index contributed by atoms with van der Waals surface area (Å²) in [7, 11) is 0. The van der Waals surface area contributed by atoms with Gasteiger partial charge in [-0.3, -0.25) is 0 Å². The fourth-order valence-corrected chi connectivity index (χ4v) is 8.23. The normalized spacial score (nSPS) is 56.3. The third-order valence-electron chi connectivity index (χ3n) is 9.68. The van der Waals surface area contributed by atoms with Crippen LogP contribution in [0, 0.1) is 17.3 Å². The molecule has 3 saturated heterocycles. The minimum atomic E-state index is -0.573. The maximum atomic E-state index is 12.3. The van der Waals surface area contributed by atoms with Gasteiger partial charge in [-0.1, -0.05) is 13.8 Å². The van der Waals surface area contributed by atoms with Crippen molar-refractivity contribution in [3.05, 3.63) is 11.1 Å². The van der Waals surface area contributed by atoms with Crippen LogP contribution in [0.25, 0.3) is 0 Å². The Labute approximate surface area is 182 Å². The molecular formula is C24H32O7. The minimum absolute atomic E-state index is 0.00149. The predicted molar refractivity (Wildman–Crippen MR) is 107 cm³/mol. The highest BCUT2D eigenvalue weighted by Gasteiger charge is 3.01. The van der Waals surface area contributed by atoms with Gasteiger partial charge in [-0.2, -0.15) is 0 Å². The van der Waals surface area contributed by atoms with Crippen LogP contribution in [0.4, 0.5) is 0 Å². The third-order valence-corrected chi connectivity index (χ3v) is 9.68. The van der Waals surface area contributed by atoms with E-state index in [1.54, 1.807) is 0 Å². The summed E-state index contributed by atoms with van der Waals surface area (Å²) >= 11 is 0. The maximum absolute atomic E-state index is 12.3. The van der Waals surface area contributed by atoms with Gasteiger partial charge in [-0.05, 0) is 51.5 Å². The van der Waals surface area contributed by atoms with Crippen LogP contribution in [0.3, 0.4) is 0 Å². The molecule has 0 aromatic heterocycles. The molecule has 0 amide bonds. The second kappa shape index (κ2) is 5.22. The first-order valence-corrected chi connectivity index (χ1v) is 11.8. The van der Waals surface area contributed by atoms with Crippen molar-refractivity contribution < 1.29 is 33.6 Å². The Hall–Kier alpha value is -0.990. The standard InChI is InChI=1S/C24H32O7/c1-11(9-25)22-16(29-22)17-24(30-17)21(5)7-6-12-13(10-27-18(12)26)14(21)8-15-23(24,28-15)19(22)31-20(2,3)4/h11,14-17,19,25H,6-10H2,1-5H3/t11?,14-,15-,16-,17-,19+,21-,22-,23+,24+/m0/s1. The summed E-state index contributed by atoms with van der Waals surface area (Å²) < 4.78 is 32.0. The molecule has 1 unspecified atom stereocenters. The lowest BCUT2D eigenvalue weighted by atomic mass is 9.46. The van der Waals surface area contributed by atoms with E-state index >= 15 is 0 Å². The SMILES string of the molecule is CC(CO)[C@]12O[C@H]1[C@@H]1O[C@]13[C@]1(O[C@H]1C[C@H]1C4=C(CC[C@@]13C)C(=O)OC4)[C@@H]2OC(C)(C)C. The molecule has 3 aliphatic carbocycles. The van der Waals surface area contributed by atoms with Gasteiger partial charge in [0.15, 0.2) is 5.60 Å². The number of fused-ring (bicyclic) bond motifs is 4. The van der Waals surface area contributed by atoms with Crippen molar-refractivity contribution in [2.75, 3.05) is 13.2 Å². The van der Waals surface area contributed by atoms with Crippen molar-refractivity contribution >= 4 is 5.97 Å². The van der Waals surface area contributed by atoms with Gasteiger partial charge < -0.3 is 28.8 Å². The summed E-state index contributed by atoms with van der Waals surface area (Å²) in [6.45, 7) is 11.0. The van der Waals surface area contributed by atoms with Crippen LogP contribution in [0.15, 0.2) is 11.1 Å². The molecule has 31 heavy (non-hydrogen) atoms. The maximum Gasteiger partial charge on any atom is 0.334 e. The van der Waals surface area contributed by atoms with Gasteiger partial charge in [0, 0.05) is 23.5 Å². The fraction of sp³-hybridized carbons (Fsp3) is 0.875. The lowest BCUT2D eigenvalue weighted by molar-refractivity contribution is -0.172. The quantitative estimate of drug-likeness (QED) is 0.538. The van der Waals surface area contributed by atoms with E-state index in [0.29, 0.717) is 6.61 Å². The smallest absolute Gasteiger partial charge is 0.334 e. The van der Waals surface area contributed by atoms with E-state index in [-0.39, 0.29) is 59.8 Å². The molecule has 1 N–H and O–H groups in total. The number of rotatable bonds is 3. The van der Waals surface area contributed by atoms with Crippen molar-refractivity contribution in [3.63, 3.8) is 0 Å². The zero-order chi connectivity index (χ0) is 21.8. The highest BCUT2D eigenvalue weighted by molar-refractivity contribution is 5.92. The lowest BCUT2D eigenvalue weighted by Crippen LogP contribution is -2.70. The fourth-order valence-electron chi connectivity index (χ4n) is 8.23. The number of aliphatic hydroxyl groups is 1.